The van der Waals surface area contributed by atoms with Gasteiger partial charge in [-0.05, 0) is 37.6 Å². The molecular weight excluding hydrogens is 522 g/mol. The number of ether oxygens (including phenoxy) is 1. The third-order valence-electron chi connectivity index (χ3n) is 4.05. The predicted octanol–water partition coefficient (Wildman–Crippen LogP) is 3.26. The highest BCUT2D eigenvalue weighted by atomic mass is 127. The molecule has 7 nitrogen and oxygen atoms in total. The van der Waals surface area contributed by atoms with Gasteiger partial charge in [-0.15, -0.1) is 24.0 Å². The highest BCUT2D eigenvalue weighted by Gasteiger charge is 2.12. The van der Waals surface area contributed by atoms with Gasteiger partial charge in [0.2, 0.25) is 10.0 Å². The van der Waals surface area contributed by atoms with Crippen molar-refractivity contribution in [2.45, 2.75) is 20.4 Å². The largest absolute Gasteiger partial charge is 0.496 e. The lowest BCUT2D eigenvalue weighted by atomic mass is 10.2. The smallest absolute Gasteiger partial charge is 0.234 e. The van der Waals surface area contributed by atoms with Gasteiger partial charge in [-0.2, -0.15) is 0 Å². The number of aryl methyl sites for hydroxylation is 1. The number of anilines is 1. The molecule has 3 N–H and O–H groups in total. The van der Waals surface area contributed by atoms with Crippen molar-refractivity contribution in [2.75, 3.05) is 30.7 Å². The zero-order valence-electron chi connectivity index (χ0n) is 17.2. The maximum atomic E-state index is 13.6. The molecule has 0 amide bonds. The van der Waals surface area contributed by atoms with Crippen LogP contribution in [0.25, 0.3) is 0 Å². The number of hydrogen-bond donors (Lipinski definition) is 3. The molecule has 0 spiro atoms. The van der Waals surface area contributed by atoms with Crippen molar-refractivity contribution in [1.82, 2.24) is 10.6 Å². The number of para-hydroxylation sites is 1. The van der Waals surface area contributed by atoms with E-state index in [4.69, 9.17) is 4.74 Å². The Morgan fingerprint density at radius 1 is 1.17 bits per heavy atom. The summed E-state index contributed by atoms with van der Waals surface area (Å²) in [4.78, 5) is 4.47. The third-order valence-corrected chi connectivity index (χ3v) is 5.34. The molecule has 2 aromatic rings. The summed E-state index contributed by atoms with van der Waals surface area (Å²) in [5.41, 5.74) is 1.57. The molecule has 0 atom stereocenters. The fourth-order valence-corrected chi connectivity index (χ4v) is 3.49. The van der Waals surface area contributed by atoms with Crippen molar-refractivity contribution in [3.8, 4) is 5.75 Å². The number of nitrogens with one attached hydrogen (secondary N) is 3. The van der Waals surface area contributed by atoms with Crippen molar-refractivity contribution >= 4 is 45.6 Å². The van der Waals surface area contributed by atoms with Crippen LogP contribution in [0.3, 0.4) is 0 Å². The maximum Gasteiger partial charge on any atom is 0.234 e. The summed E-state index contributed by atoms with van der Waals surface area (Å²) in [7, 11) is -2.03. The van der Waals surface area contributed by atoms with E-state index >= 15 is 0 Å². The van der Waals surface area contributed by atoms with Crippen molar-refractivity contribution in [1.29, 1.82) is 0 Å². The number of benzene rings is 2. The van der Waals surface area contributed by atoms with Crippen molar-refractivity contribution in [3.05, 3.63) is 59.4 Å². The van der Waals surface area contributed by atoms with Gasteiger partial charge in [0, 0.05) is 18.7 Å². The topological polar surface area (TPSA) is 91.8 Å². The fourth-order valence-electron chi connectivity index (χ4n) is 2.53. The molecule has 2 aromatic carbocycles. The Kier molecular flexibility index (Phi) is 10.9. The molecule has 0 heterocycles. The Morgan fingerprint density at radius 2 is 1.90 bits per heavy atom. The molecule has 0 saturated carbocycles. The molecule has 0 fully saturated rings. The van der Waals surface area contributed by atoms with Gasteiger partial charge < -0.3 is 15.4 Å². The molecule has 0 aliphatic carbocycles. The lowest BCUT2D eigenvalue weighted by molar-refractivity contribution is 0.410. The van der Waals surface area contributed by atoms with E-state index in [1.165, 1.54) is 18.2 Å². The number of sulfonamides is 1. The minimum Gasteiger partial charge on any atom is -0.496 e. The number of hydrogen-bond acceptors (Lipinski definition) is 4. The van der Waals surface area contributed by atoms with E-state index in [0.717, 1.165) is 11.3 Å². The summed E-state index contributed by atoms with van der Waals surface area (Å²) < 4.78 is 45.8. The Balaban J connectivity index is 0.00000450. The number of aliphatic imine (C=N–C) groups is 1. The summed E-state index contributed by atoms with van der Waals surface area (Å²) in [6, 6.07) is 11.8. The van der Waals surface area contributed by atoms with Gasteiger partial charge in [0.15, 0.2) is 5.96 Å². The minimum atomic E-state index is -3.63. The lowest BCUT2D eigenvalue weighted by Crippen LogP contribution is -2.40. The highest BCUT2D eigenvalue weighted by molar-refractivity contribution is 14.0. The van der Waals surface area contributed by atoms with Crippen molar-refractivity contribution < 1.29 is 17.5 Å². The van der Waals surface area contributed by atoms with Gasteiger partial charge in [-0.3, -0.25) is 4.72 Å². The Bertz CT molecular complexity index is 955. The molecule has 0 bridgehead atoms. The zero-order valence-corrected chi connectivity index (χ0v) is 20.4. The Morgan fingerprint density at radius 3 is 2.57 bits per heavy atom. The van der Waals surface area contributed by atoms with E-state index in [1.54, 1.807) is 14.0 Å². The fraction of sp³-hybridized carbons (Fsp3) is 0.350. The first-order valence-electron chi connectivity index (χ1n) is 9.25. The van der Waals surface area contributed by atoms with Crippen LogP contribution in [0, 0.1) is 12.7 Å². The summed E-state index contributed by atoms with van der Waals surface area (Å²) in [6.07, 6.45) is 0. The van der Waals surface area contributed by atoms with Crippen LogP contribution in [0.4, 0.5) is 10.1 Å². The average Bonchev–Trinajstić information content (AvgIpc) is 2.68. The average molecular weight is 550 g/mol. The van der Waals surface area contributed by atoms with Crippen molar-refractivity contribution in [3.63, 3.8) is 0 Å². The maximum absolute atomic E-state index is 13.6. The number of guanidine groups is 1. The molecule has 0 aliphatic rings. The van der Waals surface area contributed by atoms with Gasteiger partial charge in [-0.1, -0.05) is 24.3 Å². The third kappa shape index (κ3) is 8.34. The second-order valence-corrected chi connectivity index (χ2v) is 8.16. The van der Waals surface area contributed by atoms with E-state index < -0.39 is 15.8 Å². The first-order chi connectivity index (χ1) is 13.8. The molecule has 0 saturated heterocycles. The quantitative estimate of drug-likeness (QED) is 0.253. The van der Waals surface area contributed by atoms with E-state index in [9.17, 15) is 12.8 Å². The number of rotatable bonds is 9. The van der Waals surface area contributed by atoms with Gasteiger partial charge in [0.1, 0.15) is 11.6 Å². The second kappa shape index (κ2) is 12.6. The van der Waals surface area contributed by atoms with Crippen LogP contribution >= 0.6 is 24.0 Å². The van der Waals surface area contributed by atoms with Crippen LogP contribution in [0.2, 0.25) is 0 Å². The van der Waals surface area contributed by atoms with Crippen LogP contribution in [0.15, 0.2) is 47.5 Å². The van der Waals surface area contributed by atoms with Crippen LogP contribution in [0.1, 0.15) is 18.1 Å². The molecule has 0 radical (unpaired) electrons. The van der Waals surface area contributed by atoms with Crippen LogP contribution < -0.4 is 20.1 Å². The van der Waals surface area contributed by atoms with Gasteiger partial charge in [0.05, 0.1) is 25.1 Å². The SMILES string of the molecule is CCNC(=NCc1ccccc1OC)NCCS(=O)(=O)Nc1ccc(C)c(F)c1.I. The first kappa shape index (κ1) is 26.0. The molecular formula is C20H28FIN4O3S. The normalized spacial score (nSPS) is 11.4. The molecule has 166 valence electrons. The van der Waals surface area contributed by atoms with Crippen LogP contribution in [-0.2, 0) is 16.6 Å². The summed E-state index contributed by atoms with van der Waals surface area (Å²) in [5.74, 6) is 0.585. The second-order valence-electron chi connectivity index (χ2n) is 6.32. The zero-order chi connectivity index (χ0) is 21.3. The standard InChI is InChI=1S/C20H27FN4O3S.HI/c1-4-22-20(24-14-16-7-5-6-8-19(16)28-3)23-11-12-29(26,27)25-17-10-9-15(2)18(21)13-17;/h5-10,13,25H,4,11-12,14H2,1-3H3,(H2,22,23,24);1H. The summed E-state index contributed by atoms with van der Waals surface area (Å²) in [5, 5.41) is 6.07. The van der Waals surface area contributed by atoms with Crippen LogP contribution in [0.5, 0.6) is 5.75 Å². The molecule has 0 aromatic heterocycles. The van der Waals surface area contributed by atoms with E-state index in [-0.39, 0.29) is 42.0 Å². The molecule has 30 heavy (non-hydrogen) atoms. The number of nitrogens with zero attached hydrogens (tertiary/aromatic N) is 1. The number of halogens is 2. The monoisotopic (exact) mass is 550 g/mol. The first-order valence-corrected chi connectivity index (χ1v) is 10.9. The van der Waals surface area contributed by atoms with Gasteiger partial charge in [0.25, 0.3) is 0 Å². The highest BCUT2D eigenvalue weighted by Crippen LogP contribution is 2.18. The minimum absolute atomic E-state index is 0. The lowest BCUT2D eigenvalue weighted by Gasteiger charge is -2.13. The molecule has 2 rings (SSSR count). The van der Waals surface area contributed by atoms with E-state index in [1.807, 2.05) is 31.2 Å². The van der Waals surface area contributed by atoms with Crippen molar-refractivity contribution in [2.24, 2.45) is 4.99 Å². The predicted molar refractivity (Wildman–Crippen MR) is 130 cm³/mol. The van der Waals surface area contributed by atoms with Gasteiger partial charge >= 0.3 is 0 Å². The summed E-state index contributed by atoms with van der Waals surface area (Å²) >= 11 is 0. The Hall–Kier alpha value is -2.08. The molecule has 10 heteroatoms. The summed E-state index contributed by atoms with van der Waals surface area (Å²) in [6.45, 7) is 4.69. The molecule has 0 aliphatic heterocycles. The van der Waals surface area contributed by atoms with E-state index in [2.05, 4.69) is 20.3 Å². The van der Waals surface area contributed by atoms with E-state index in [0.29, 0.717) is 24.6 Å². The molecule has 0 unspecified atom stereocenters. The van der Waals surface area contributed by atoms with Gasteiger partial charge in [-0.25, -0.2) is 17.8 Å². The Labute approximate surface area is 194 Å². The number of methoxy groups -OCH3 is 1. The van der Waals surface area contributed by atoms with Crippen LogP contribution in [-0.4, -0.2) is 40.3 Å².